The van der Waals surface area contributed by atoms with E-state index in [2.05, 4.69) is 12.2 Å². The molecule has 4 heteroatoms. The highest BCUT2D eigenvalue weighted by molar-refractivity contribution is 7.98. The van der Waals surface area contributed by atoms with Crippen LogP contribution in [0, 0.1) is 5.82 Å². The van der Waals surface area contributed by atoms with Gasteiger partial charge in [0.2, 0.25) is 0 Å². The van der Waals surface area contributed by atoms with Crippen LogP contribution in [0.4, 0.5) is 4.39 Å². The molecule has 0 saturated carbocycles. The van der Waals surface area contributed by atoms with Crippen LogP contribution in [0.5, 0.6) is 5.75 Å². The van der Waals surface area contributed by atoms with E-state index in [1.165, 1.54) is 7.11 Å². The number of hydrogen-bond donors (Lipinski definition) is 1. The van der Waals surface area contributed by atoms with Gasteiger partial charge in [0, 0.05) is 17.4 Å². The SMILES string of the molecule is CCCNC1CCSCc2c1ccc(OC)c2F. The Morgan fingerprint density at radius 1 is 1.50 bits per heavy atom. The van der Waals surface area contributed by atoms with Crippen LogP contribution >= 0.6 is 11.8 Å². The van der Waals surface area contributed by atoms with E-state index in [0.717, 1.165) is 42.0 Å². The van der Waals surface area contributed by atoms with Crippen LogP contribution in [0.1, 0.15) is 36.9 Å². The summed E-state index contributed by atoms with van der Waals surface area (Å²) in [6.07, 6.45) is 2.15. The average Bonchev–Trinajstić information content (AvgIpc) is 2.60. The summed E-state index contributed by atoms with van der Waals surface area (Å²) in [6.45, 7) is 3.12. The summed E-state index contributed by atoms with van der Waals surface area (Å²) in [5.74, 6) is 1.97. The van der Waals surface area contributed by atoms with E-state index in [1.807, 2.05) is 6.07 Å². The largest absolute Gasteiger partial charge is 0.494 e. The van der Waals surface area contributed by atoms with Crippen molar-refractivity contribution < 1.29 is 9.13 Å². The second kappa shape index (κ2) is 6.43. The fourth-order valence-corrected chi connectivity index (χ4v) is 3.35. The maximum absolute atomic E-state index is 14.3. The molecule has 1 aromatic carbocycles. The Hall–Kier alpha value is -0.740. The van der Waals surface area contributed by atoms with Crippen molar-refractivity contribution >= 4 is 11.8 Å². The van der Waals surface area contributed by atoms with E-state index in [1.54, 1.807) is 17.8 Å². The van der Waals surface area contributed by atoms with Gasteiger partial charge in [0.1, 0.15) is 0 Å². The van der Waals surface area contributed by atoms with Crippen molar-refractivity contribution in [3.8, 4) is 5.75 Å². The Balaban J connectivity index is 2.33. The second-order valence-corrected chi connectivity index (χ2v) is 5.60. The Bertz CT molecular complexity index is 411. The van der Waals surface area contributed by atoms with Crippen LogP contribution in [0.3, 0.4) is 0 Å². The number of hydrogen-bond acceptors (Lipinski definition) is 3. The number of nitrogens with one attached hydrogen (secondary N) is 1. The molecule has 0 spiro atoms. The highest BCUT2D eigenvalue weighted by atomic mass is 32.2. The zero-order chi connectivity index (χ0) is 13.0. The van der Waals surface area contributed by atoms with Crippen molar-refractivity contribution in [2.24, 2.45) is 0 Å². The average molecular weight is 269 g/mol. The molecule has 18 heavy (non-hydrogen) atoms. The van der Waals surface area contributed by atoms with Crippen LogP contribution in [0.2, 0.25) is 0 Å². The third-order valence-corrected chi connectivity index (χ3v) is 4.29. The molecule has 1 aromatic rings. The molecule has 2 rings (SSSR count). The molecule has 0 fully saturated rings. The quantitative estimate of drug-likeness (QED) is 0.903. The molecule has 0 radical (unpaired) electrons. The van der Waals surface area contributed by atoms with Crippen LogP contribution in [0.15, 0.2) is 12.1 Å². The van der Waals surface area contributed by atoms with Crippen molar-refractivity contribution in [3.63, 3.8) is 0 Å². The van der Waals surface area contributed by atoms with Gasteiger partial charge in [-0.1, -0.05) is 13.0 Å². The lowest BCUT2D eigenvalue weighted by atomic mass is 9.98. The summed E-state index contributed by atoms with van der Waals surface area (Å²) in [4.78, 5) is 0. The highest BCUT2D eigenvalue weighted by Gasteiger charge is 2.22. The lowest BCUT2D eigenvalue weighted by Gasteiger charge is -2.19. The van der Waals surface area contributed by atoms with Crippen LogP contribution in [0.25, 0.3) is 0 Å². The van der Waals surface area contributed by atoms with Crippen LogP contribution < -0.4 is 10.1 Å². The molecule has 0 bridgehead atoms. The predicted molar refractivity (Wildman–Crippen MR) is 74.8 cm³/mol. The topological polar surface area (TPSA) is 21.3 Å². The molecule has 1 aliphatic heterocycles. The molecular formula is C14H20FNOS. The number of halogens is 1. The summed E-state index contributed by atoms with van der Waals surface area (Å²) < 4.78 is 19.3. The molecule has 0 amide bonds. The van der Waals surface area contributed by atoms with E-state index in [-0.39, 0.29) is 11.9 Å². The molecule has 1 aliphatic rings. The Morgan fingerprint density at radius 2 is 2.33 bits per heavy atom. The van der Waals surface area contributed by atoms with Crippen LogP contribution in [-0.2, 0) is 5.75 Å². The number of rotatable bonds is 4. The fourth-order valence-electron chi connectivity index (χ4n) is 2.31. The third kappa shape index (κ3) is 2.81. The number of fused-ring (bicyclic) bond motifs is 1. The predicted octanol–water partition coefficient (Wildman–Crippen LogP) is 3.51. The smallest absolute Gasteiger partial charge is 0.169 e. The number of thioether (sulfide) groups is 1. The first-order valence-electron chi connectivity index (χ1n) is 6.44. The zero-order valence-corrected chi connectivity index (χ0v) is 11.8. The van der Waals surface area contributed by atoms with Crippen molar-refractivity contribution in [2.45, 2.75) is 31.6 Å². The van der Waals surface area contributed by atoms with Crippen LogP contribution in [-0.4, -0.2) is 19.4 Å². The molecule has 1 unspecified atom stereocenters. The first kappa shape index (κ1) is 13.7. The summed E-state index contributed by atoms with van der Waals surface area (Å²) in [6, 6.07) is 4.02. The molecule has 1 heterocycles. The Labute approximate surface area is 112 Å². The van der Waals surface area contributed by atoms with Crippen molar-refractivity contribution in [3.05, 3.63) is 29.1 Å². The molecule has 1 atom stereocenters. The maximum Gasteiger partial charge on any atom is 0.169 e. The lowest BCUT2D eigenvalue weighted by Crippen LogP contribution is -2.23. The normalized spacial score (nSPS) is 19.2. The van der Waals surface area contributed by atoms with Gasteiger partial charge in [0.15, 0.2) is 11.6 Å². The van der Waals surface area contributed by atoms with E-state index in [0.29, 0.717) is 5.75 Å². The summed E-state index contributed by atoms with van der Waals surface area (Å²) in [7, 11) is 1.52. The molecule has 0 saturated heterocycles. The van der Waals surface area contributed by atoms with E-state index < -0.39 is 0 Å². The van der Waals surface area contributed by atoms with Gasteiger partial charge < -0.3 is 10.1 Å². The summed E-state index contributed by atoms with van der Waals surface area (Å²) >= 11 is 1.79. The van der Waals surface area contributed by atoms with Gasteiger partial charge in [0.05, 0.1) is 7.11 Å². The lowest BCUT2D eigenvalue weighted by molar-refractivity contribution is 0.383. The molecule has 1 N–H and O–H groups in total. The zero-order valence-electron chi connectivity index (χ0n) is 11.0. The van der Waals surface area contributed by atoms with Crippen molar-refractivity contribution in [1.29, 1.82) is 0 Å². The monoisotopic (exact) mass is 269 g/mol. The number of methoxy groups -OCH3 is 1. The van der Waals surface area contributed by atoms with Gasteiger partial charge in [0.25, 0.3) is 0 Å². The molecule has 100 valence electrons. The van der Waals surface area contributed by atoms with Gasteiger partial charge in [-0.15, -0.1) is 0 Å². The van der Waals surface area contributed by atoms with Gasteiger partial charge in [-0.2, -0.15) is 11.8 Å². The van der Waals surface area contributed by atoms with Gasteiger partial charge in [-0.3, -0.25) is 0 Å². The van der Waals surface area contributed by atoms with Gasteiger partial charge in [-0.05, 0) is 36.8 Å². The van der Waals surface area contributed by atoms with Gasteiger partial charge >= 0.3 is 0 Å². The Kier molecular flexibility index (Phi) is 4.89. The standard InChI is InChI=1S/C14H20FNOS/c1-3-7-16-12-6-8-18-9-11-10(12)4-5-13(17-2)14(11)15/h4-5,12,16H,3,6-9H2,1-2H3. The first-order valence-corrected chi connectivity index (χ1v) is 7.59. The molecular weight excluding hydrogens is 249 g/mol. The molecule has 2 nitrogen and oxygen atoms in total. The first-order chi connectivity index (χ1) is 8.77. The maximum atomic E-state index is 14.3. The number of ether oxygens (including phenoxy) is 1. The van der Waals surface area contributed by atoms with E-state index in [9.17, 15) is 4.39 Å². The minimum absolute atomic E-state index is 0.187. The second-order valence-electron chi connectivity index (χ2n) is 4.50. The molecule has 0 aromatic heterocycles. The highest BCUT2D eigenvalue weighted by Crippen LogP contribution is 2.35. The van der Waals surface area contributed by atoms with Crippen molar-refractivity contribution in [2.75, 3.05) is 19.4 Å². The number of benzene rings is 1. The minimum atomic E-state index is -0.187. The Morgan fingerprint density at radius 3 is 3.06 bits per heavy atom. The summed E-state index contributed by atoms with van der Waals surface area (Å²) in [5, 5.41) is 3.51. The third-order valence-electron chi connectivity index (χ3n) is 3.28. The van der Waals surface area contributed by atoms with E-state index >= 15 is 0 Å². The van der Waals surface area contributed by atoms with E-state index in [4.69, 9.17) is 4.74 Å². The minimum Gasteiger partial charge on any atom is -0.494 e. The molecule has 0 aliphatic carbocycles. The fraction of sp³-hybridized carbons (Fsp3) is 0.571. The van der Waals surface area contributed by atoms with Crippen molar-refractivity contribution in [1.82, 2.24) is 5.32 Å². The van der Waals surface area contributed by atoms with Gasteiger partial charge in [-0.25, -0.2) is 4.39 Å². The summed E-state index contributed by atoms with van der Waals surface area (Å²) in [5.41, 5.74) is 1.91.